The molecule has 1 fully saturated rings. The van der Waals surface area contributed by atoms with Crippen LogP contribution >= 0.6 is 11.3 Å². The highest BCUT2D eigenvalue weighted by Gasteiger charge is 2.25. The van der Waals surface area contributed by atoms with Gasteiger partial charge in [0, 0.05) is 36.6 Å². The predicted molar refractivity (Wildman–Crippen MR) is 107 cm³/mol. The average molecular weight is 404 g/mol. The molecule has 2 amide bonds. The number of carbonyl (C=O) groups is 2. The van der Waals surface area contributed by atoms with Gasteiger partial charge >= 0.3 is 11.8 Å². The van der Waals surface area contributed by atoms with E-state index in [-0.39, 0.29) is 12.6 Å². The maximum Gasteiger partial charge on any atom is 0.309 e. The summed E-state index contributed by atoms with van der Waals surface area (Å²) in [6, 6.07) is 11.5. The number of ether oxygens (including phenoxy) is 2. The van der Waals surface area contributed by atoms with E-state index >= 15 is 0 Å². The van der Waals surface area contributed by atoms with Gasteiger partial charge in [0.05, 0.1) is 26.4 Å². The molecule has 0 aliphatic carbocycles. The summed E-state index contributed by atoms with van der Waals surface area (Å²) < 4.78 is 10.7. The van der Waals surface area contributed by atoms with Crippen LogP contribution in [-0.2, 0) is 20.9 Å². The maximum absolute atomic E-state index is 12.3. The fourth-order valence-electron chi connectivity index (χ4n) is 3.15. The second-order valence-electron chi connectivity index (χ2n) is 6.38. The van der Waals surface area contributed by atoms with Crippen LogP contribution < -0.4 is 15.4 Å². The summed E-state index contributed by atoms with van der Waals surface area (Å²) in [4.78, 5) is 27.9. The molecule has 8 heteroatoms. The third-order valence-corrected chi connectivity index (χ3v) is 5.63. The van der Waals surface area contributed by atoms with Crippen molar-refractivity contribution in [1.82, 2.24) is 15.5 Å². The van der Waals surface area contributed by atoms with Gasteiger partial charge < -0.3 is 20.1 Å². The first-order valence-electron chi connectivity index (χ1n) is 9.22. The lowest BCUT2D eigenvalue weighted by Gasteiger charge is -2.34. The van der Waals surface area contributed by atoms with E-state index in [9.17, 15) is 9.59 Å². The van der Waals surface area contributed by atoms with Crippen LogP contribution in [0, 0.1) is 0 Å². The monoisotopic (exact) mass is 403 g/mol. The molecule has 28 heavy (non-hydrogen) atoms. The lowest BCUT2D eigenvalue weighted by atomic mass is 10.2. The Morgan fingerprint density at radius 2 is 1.89 bits per heavy atom. The zero-order chi connectivity index (χ0) is 19.8. The van der Waals surface area contributed by atoms with Crippen LogP contribution in [0.2, 0.25) is 0 Å². The molecule has 150 valence electrons. The molecular weight excluding hydrogens is 378 g/mol. The minimum Gasteiger partial charge on any atom is -0.496 e. The van der Waals surface area contributed by atoms with E-state index < -0.39 is 11.8 Å². The number of methoxy groups -OCH3 is 1. The lowest BCUT2D eigenvalue weighted by molar-refractivity contribution is -0.139. The number of morpholine rings is 1. The number of hydrogen-bond acceptors (Lipinski definition) is 6. The van der Waals surface area contributed by atoms with Crippen LogP contribution in [0.1, 0.15) is 16.5 Å². The van der Waals surface area contributed by atoms with Crippen molar-refractivity contribution in [2.45, 2.75) is 12.6 Å². The number of thiophene rings is 1. The zero-order valence-electron chi connectivity index (χ0n) is 15.8. The Morgan fingerprint density at radius 3 is 2.61 bits per heavy atom. The van der Waals surface area contributed by atoms with Crippen LogP contribution in [0.5, 0.6) is 5.75 Å². The quantitative estimate of drug-likeness (QED) is 0.686. The molecular formula is C20H25N3O4S. The molecule has 1 aliphatic rings. The topological polar surface area (TPSA) is 79.9 Å². The summed E-state index contributed by atoms with van der Waals surface area (Å²) in [6.45, 7) is 3.57. The van der Waals surface area contributed by atoms with Crippen molar-refractivity contribution in [2.24, 2.45) is 0 Å². The van der Waals surface area contributed by atoms with E-state index in [0.717, 1.165) is 23.5 Å². The van der Waals surface area contributed by atoms with E-state index in [2.05, 4.69) is 21.6 Å². The van der Waals surface area contributed by atoms with Gasteiger partial charge in [-0.15, -0.1) is 11.3 Å². The van der Waals surface area contributed by atoms with Crippen molar-refractivity contribution in [3.8, 4) is 5.75 Å². The van der Waals surface area contributed by atoms with Crippen LogP contribution in [0.4, 0.5) is 0 Å². The van der Waals surface area contributed by atoms with Gasteiger partial charge in [-0.1, -0.05) is 24.3 Å². The van der Waals surface area contributed by atoms with Crippen molar-refractivity contribution in [3.63, 3.8) is 0 Å². The molecule has 1 aromatic carbocycles. The number of rotatable bonds is 7. The summed E-state index contributed by atoms with van der Waals surface area (Å²) in [5, 5.41) is 7.44. The van der Waals surface area contributed by atoms with Gasteiger partial charge in [-0.3, -0.25) is 14.5 Å². The number of amides is 2. The molecule has 7 nitrogen and oxygen atoms in total. The summed E-state index contributed by atoms with van der Waals surface area (Å²) in [5.41, 5.74) is 0.816. The van der Waals surface area contributed by atoms with Gasteiger partial charge in [0.2, 0.25) is 0 Å². The number of carbonyl (C=O) groups excluding carboxylic acids is 2. The van der Waals surface area contributed by atoms with Gasteiger partial charge in [-0.05, 0) is 17.5 Å². The molecule has 0 spiro atoms. The molecule has 1 aliphatic heterocycles. The molecule has 2 heterocycles. The first-order valence-corrected chi connectivity index (χ1v) is 10.1. The Hall–Kier alpha value is -2.42. The molecule has 0 unspecified atom stereocenters. The Balaban J connectivity index is 1.54. The van der Waals surface area contributed by atoms with Crippen LogP contribution in [0.15, 0.2) is 41.8 Å². The number of nitrogens with zero attached hydrogens (tertiary/aromatic N) is 1. The minimum absolute atomic E-state index is 0.0369. The molecule has 1 atom stereocenters. The summed E-state index contributed by atoms with van der Waals surface area (Å²) in [7, 11) is 1.57. The highest BCUT2D eigenvalue weighted by atomic mass is 32.1. The third kappa shape index (κ3) is 5.31. The van der Waals surface area contributed by atoms with Crippen LogP contribution in [0.3, 0.4) is 0 Å². The van der Waals surface area contributed by atoms with Crippen molar-refractivity contribution < 1.29 is 19.1 Å². The maximum atomic E-state index is 12.3. The van der Waals surface area contributed by atoms with Crippen molar-refractivity contribution in [3.05, 3.63) is 52.2 Å². The van der Waals surface area contributed by atoms with Crippen molar-refractivity contribution in [2.75, 3.05) is 40.0 Å². The largest absolute Gasteiger partial charge is 0.496 e. The smallest absolute Gasteiger partial charge is 0.309 e. The number of benzene rings is 1. The Kier molecular flexibility index (Phi) is 7.41. The Morgan fingerprint density at radius 1 is 1.14 bits per heavy atom. The van der Waals surface area contributed by atoms with E-state index in [0.29, 0.717) is 25.5 Å². The molecule has 1 saturated heterocycles. The molecule has 3 rings (SSSR count). The molecule has 1 aromatic heterocycles. The van der Waals surface area contributed by atoms with E-state index in [4.69, 9.17) is 9.47 Å². The van der Waals surface area contributed by atoms with E-state index in [1.807, 2.05) is 35.7 Å². The first kappa shape index (κ1) is 20.3. The average Bonchev–Trinajstić information content (AvgIpc) is 3.27. The van der Waals surface area contributed by atoms with Gasteiger partial charge in [-0.25, -0.2) is 0 Å². The lowest BCUT2D eigenvalue weighted by Crippen LogP contribution is -2.46. The van der Waals surface area contributed by atoms with Crippen LogP contribution in [0.25, 0.3) is 0 Å². The van der Waals surface area contributed by atoms with Crippen LogP contribution in [-0.4, -0.2) is 56.7 Å². The zero-order valence-corrected chi connectivity index (χ0v) is 16.7. The normalized spacial score (nSPS) is 15.6. The van der Waals surface area contributed by atoms with Gasteiger partial charge in [-0.2, -0.15) is 0 Å². The second-order valence-corrected chi connectivity index (χ2v) is 7.36. The molecule has 2 aromatic rings. The molecule has 0 bridgehead atoms. The summed E-state index contributed by atoms with van der Waals surface area (Å²) in [6.07, 6.45) is 0. The first-order chi connectivity index (χ1) is 13.7. The van der Waals surface area contributed by atoms with E-state index in [1.165, 1.54) is 0 Å². The predicted octanol–water partition coefficient (Wildman–Crippen LogP) is 1.56. The Bertz CT molecular complexity index is 776. The standard InChI is InChI=1S/C20H25N3O4S/c1-26-17-6-3-2-5-15(17)13-21-19(24)20(25)22-14-16(18-7-4-12-28-18)23-8-10-27-11-9-23/h2-7,12,16H,8-11,13-14H2,1H3,(H,21,24)(H,22,25)/t16-/m1/s1. The SMILES string of the molecule is COc1ccccc1CNC(=O)C(=O)NC[C@H](c1cccs1)N1CCOCC1. The molecule has 0 saturated carbocycles. The van der Waals surface area contributed by atoms with Crippen molar-refractivity contribution in [1.29, 1.82) is 0 Å². The van der Waals surface area contributed by atoms with Gasteiger partial charge in [0.1, 0.15) is 5.75 Å². The summed E-state index contributed by atoms with van der Waals surface area (Å²) in [5.74, 6) is -0.615. The van der Waals surface area contributed by atoms with Crippen molar-refractivity contribution >= 4 is 23.2 Å². The minimum atomic E-state index is -0.655. The number of para-hydroxylation sites is 1. The second kappa shape index (κ2) is 10.2. The number of hydrogen-bond donors (Lipinski definition) is 2. The van der Waals surface area contributed by atoms with E-state index in [1.54, 1.807) is 18.4 Å². The fourth-order valence-corrected chi connectivity index (χ4v) is 4.01. The van der Waals surface area contributed by atoms with Gasteiger partial charge in [0.15, 0.2) is 0 Å². The summed E-state index contributed by atoms with van der Waals surface area (Å²) >= 11 is 1.65. The molecule has 2 N–H and O–H groups in total. The Labute approximate surface area is 168 Å². The third-order valence-electron chi connectivity index (χ3n) is 4.65. The molecule has 0 radical (unpaired) electrons. The van der Waals surface area contributed by atoms with Gasteiger partial charge in [0.25, 0.3) is 0 Å². The highest BCUT2D eigenvalue weighted by Crippen LogP contribution is 2.25. The fraction of sp³-hybridized carbons (Fsp3) is 0.400. The number of nitrogens with one attached hydrogen (secondary N) is 2. The highest BCUT2D eigenvalue weighted by molar-refractivity contribution is 7.10.